The molecule has 0 saturated heterocycles. The smallest absolute Gasteiger partial charge is 0.381 e. The van der Waals surface area contributed by atoms with E-state index in [0.29, 0.717) is 0 Å². The van der Waals surface area contributed by atoms with E-state index in [9.17, 15) is 26.3 Å². The van der Waals surface area contributed by atoms with E-state index in [2.05, 4.69) is 20.7 Å². The molecular formula is C19H14F6N6. The normalized spacial score (nSPS) is 20.9. The van der Waals surface area contributed by atoms with Crippen LogP contribution in [0.3, 0.4) is 0 Å². The summed E-state index contributed by atoms with van der Waals surface area (Å²) >= 11 is 0. The van der Waals surface area contributed by atoms with Crippen molar-refractivity contribution in [3.05, 3.63) is 77.6 Å². The minimum absolute atomic E-state index is 0.00263. The van der Waals surface area contributed by atoms with Crippen molar-refractivity contribution >= 4 is 17.4 Å². The van der Waals surface area contributed by atoms with Gasteiger partial charge in [0.05, 0.1) is 11.1 Å². The predicted molar refractivity (Wildman–Crippen MR) is 101 cm³/mol. The Morgan fingerprint density at radius 1 is 0.935 bits per heavy atom. The van der Waals surface area contributed by atoms with E-state index < -0.39 is 29.3 Å². The minimum atomic E-state index is -4.63. The van der Waals surface area contributed by atoms with Crippen molar-refractivity contribution in [3.8, 4) is 0 Å². The maximum absolute atomic E-state index is 13.3. The number of rotatable bonds is 3. The van der Waals surface area contributed by atoms with Crippen LogP contribution in [-0.4, -0.2) is 16.7 Å². The van der Waals surface area contributed by atoms with Crippen LogP contribution in [0.5, 0.6) is 0 Å². The molecule has 31 heavy (non-hydrogen) atoms. The molecule has 0 aromatic heterocycles. The van der Waals surface area contributed by atoms with Gasteiger partial charge in [-0.15, -0.1) is 0 Å². The Hall–Kier alpha value is -3.54. The molecule has 1 atom stereocenters. The molecule has 2 aliphatic heterocycles. The van der Waals surface area contributed by atoms with Crippen LogP contribution in [0.2, 0.25) is 0 Å². The second-order valence-electron chi connectivity index (χ2n) is 6.72. The average molecular weight is 440 g/mol. The lowest BCUT2D eigenvalue weighted by Gasteiger charge is -2.31. The summed E-state index contributed by atoms with van der Waals surface area (Å²) in [7, 11) is 0. The molecule has 1 unspecified atom stereocenters. The summed E-state index contributed by atoms with van der Waals surface area (Å²) in [5.41, 5.74) is 6.79. The first-order valence-corrected chi connectivity index (χ1v) is 8.78. The number of aliphatic imine (C=N–C) groups is 2. The van der Waals surface area contributed by atoms with Crippen LogP contribution in [0.1, 0.15) is 16.7 Å². The van der Waals surface area contributed by atoms with Crippen LogP contribution in [0.15, 0.2) is 70.9 Å². The zero-order valence-electron chi connectivity index (χ0n) is 15.5. The van der Waals surface area contributed by atoms with Gasteiger partial charge in [-0.1, -0.05) is 18.2 Å². The monoisotopic (exact) mass is 440 g/mol. The first-order chi connectivity index (χ1) is 14.5. The lowest BCUT2D eigenvalue weighted by Crippen LogP contribution is -2.50. The number of halogens is 6. The summed E-state index contributed by atoms with van der Waals surface area (Å²) in [6.45, 7) is 0. The van der Waals surface area contributed by atoms with Crippen molar-refractivity contribution in [3.63, 3.8) is 0 Å². The van der Waals surface area contributed by atoms with Gasteiger partial charge >= 0.3 is 12.4 Å². The largest absolute Gasteiger partial charge is 0.416 e. The van der Waals surface area contributed by atoms with E-state index in [1.807, 2.05) is 0 Å². The first-order valence-electron chi connectivity index (χ1n) is 8.78. The van der Waals surface area contributed by atoms with Crippen LogP contribution >= 0.6 is 0 Å². The number of amidine groups is 2. The van der Waals surface area contributed by atoms with Gasteiger partial charge in [-0.2, -0.15) is 31.8 Å². The van der Waals surface area contributed by atoms with Gasteiger partial charge in [0.2, 0.25) is 5.79 Å². The number of nitrogens with zero attached hydrogens (tertiary/aromatic N) is 3. The van der Waals surface area contributed by atoms with Crippen LogP contribution < -0.4 is 16.5 Å². The first kappa shape index (κ1) is 20.7. The third-order valence-corrected chi connectivity index (χ3v) is 4.57. The standard InChI is InChI=1S/C19H14F6N6/c20-17(21,22)11-3-1-5-13(9-11)19(29-16-15(26)27-7-8-31(16)30-19)28-14-6-2-4-12(10-14)18(23,24)25/h1-10,28,30H,(H2,26,27). The Bertz CT molecular complexity index is 1100. The quantitative estimate of drug-likeness (QED) is 0.631. The number of hydrogen-bond acceptors (Lipinski definition) is 6. The number of hydrogen-bond donors (Lipinski definition) is 3. The molecule has 12 heteroatoms. The van der Waals surface area contributed by atoms with E-state index in [1.54, 1.807) is 0 Å². The Kier molecular flexibility index (Phi) is 4.69. The molecule has 0 aliphatic carbocycles. The Morgan fingerprint density at radius 2 is 1.58 bits per heavy atom. The molecule has 6 nitrogen and oxygen atoms in total. The van der Waals surface area contributed by atoms with Crippen LogP contribution in [0, 0.1) is 0 Å². The van der Waals surface area contributed by atoms with Gasteiger partial charge < -0.3 is 11.1 Å². The third kappa shape index (κ3) is 3.93. The molecule has 4 rings (SSSR count). The van der Waals surface area contributed by atoms with Crippen molar-refractivity contribution < 1.29 is 26.3 Å². The second-order valence-corrected chi connectivity index (χ2v) is 6.72. The summed E-state index contributed by atoms with van der Waals surface area (Å²) in [6.07, 6.45) is -6.47. The maximum Gasteiger partial charge on any atom is 0.416 e. The molecule has 2 aromatic rings. The number of nitrogens with two attached hydrogens (primary N) is 1. The lowest BCUT2D eigenvalue weighted by atomic mass is 10.0. The molecule has 4 N–H and O–H groups in total. The van der Waals surface area contributed by atoms with Gasteiger partial charge in [0.1, 0.15) is 0 Å². The van der Waals surface area contributed by atoms with Crippen molar-refractivity contribution in [2.45, 2.75) is 18.1 Å². The van der Waals surface area contributed by atoms with Crippen LogP contribution in [0.25, 0.3) is 0 Å². The fourth-order valence-corrected chi connectivity index (χ4v) is 3.15. The number of fused-ring (bicyclic) bond motifs is 1. The summed E-state index contributed by atoms with van der Waals surface area (Å²) in [5, 5.41) is 4.11. The van der Waals surface area contributed by atoms with Gasteiger partial charge in [0.15, 0.2) is 11.7 Å². The number of benzene rings is 2. The van der Waals surface area contributed by atoms with Crippen molar-refractivity contribution in [1.29, 1.82) is 0 Å². The summed E-state index contributed by atoms with van der Waals surface area (Å²) < 4.78 is 79.3. The van der Waals surface area contributed by atoms with Crippen molar-refractivity contribution in [2.24, 2.45) is 15.7 Å². The van der Waals surface area contributed by atoms with E-state index in [-0.39, 0.29) is 22.9 Å². The molecule has 0 saturated carbocycles. The SMILES string of the molecule is NC1=NC=CN2NC(Nc3cccc(C(F)(F)F)c3)(c3cccc(C(F)(F)F)c3)N=C12. The van der Waals surface area contributed by atoms with Gasteiger partial charge in [-0.3, -0.25) is 5.01 Å². The van der Waals surface area contributed by atoms with Gasteiger partial charge in [0.25, 0.3) is 0 Å². The molecule has 0 fully saturated rings. The predicted octanol–water partition coefficient (Wildman–Crippen LogP) is 4.01. The molecule has 2 heterocycles. The third-order valence-electron chi connectivity index (χ3n) is 4.57. The van der Waals surface area contributed by atoms with E-state index in [1.165, 1.54) is 41.7 Å². The summed E-state index contributed by atoms with van der Waals surface area (Å²) in [5.74, 6) is -1.70. The average Bonchev–Trinajstić information content (AvgIpc) is 3.08. The van der Waals surface area contributed by atoms with E-state index in [4.69, 9.17) is 5.73 Å². The van der Waals surface area contributed by atoms with Crippen LogP contribution in [0.4, 0.5) is 32.0 Å². The molecular weight excluding hydrogens is 426 g/mol. The highest BCUT2D eigenvalue weighted by atomic mass is 19.4. The lowest BCUT2D eigenvalue weighted by molar-refractivity contribution is -0.138. The van der Waals surface area contributed by atoms with Gasteiger partial charge in [0, 0.05) is 23.7 Å². The molecule has 0 radical (unpaired) electrons. The summed E-state index contributed by atoms with van der Waals surface area (Å²) in [4.78, 5) is 8.25. The molecule has 2 aliphatic rings. The summed E-state index contributed by atoms with van der Waals surface area (Å²) in [6, 6.07) is 8.52. The number of anilines is 1. The minimum Gasteiger partial charge on any atom is -0.381 e. The molecule has 162 valence electrons. The molecule has 0 spiro atoms. The molecule has 0 bridgehead atoms. The topological polar surface area (TPSA) is 78.0 Å². The number of hydrazine groups is 1. The number of nitrogens with one attached hydrogen (secondary N) is 2. The van der Waals surface area contributed by atoms with Crippen molar-refractivity contribution in [1.82, 2.24) is 10.4 Å². The highest BCUT2D eigenvalue weighted by Gasteiger charge is 2.43. The van der Waals surface area contributed by atoms with Crippen molar-refractivity contribution in [2.75, 3.05) is 5.32 Å². The second kappa shape index (κ2) is 7.01. The fourth-order valence-electron chi connectivity index (χ4n) is 3.15. The fraction of sp³-hybridized carbons (Fsp3) is 0.158. The van der Waals surface area contributed by atoms with Gasteiger partial charge in [-0.05, 0) is 30.3 Å². The maximum atomic E-state index is 13.3. The number of alkyl halides is 6. The Morgan fingerprint density at radius 3 is 2.23 bits per heavy atom. The molecule has 0 amide bonds. The Labute approximate surface area is 171 Å². The van der Waals surface area contributed by atoms with E-state index >= 15 is 0 Å². The zero-order chi connectivity index (χ0) is 22.4. The molecule has 2 aromatic carbocycles. The van der Waals surface area contributed by atoms with E-state index in [0.717, 1.165) is 24.3 Å². The zero-order valence-corrected chi connectivity index (χ0v) is 15.5. The van der Waals surface area contributed by atoms with Crippen LogP contribution in [-0.2, 0) is 18.1 Å². The Balaban J connectivity index is 1.83. The highest BCUT2D eigenvalue weighted by Crippen LogP contribution is 2.37. The van der Waals surface area contributed by atoms with Gasteiger partial charge in [-0.25, -0.2) is 9.98 Å². The highest BCUT2D eigenvalue weighted by molar-refractivity contribution is 6.40.